The molecule has 2 aromatic heterocycles. The van der Waals surface area contributed by atoms with Gasteiger partial charge in [0.15, 0.2) is 5.82 Å². The lowest BCUT2D eigenvalue weighted by atomic mass is 10.1. The molecule has 158 valence electrons. The molecule has 1 amide bonds. The van der Waals surface area contributed by atoms with E-state index in [0.717, 1.165) is 79.5 Å². The van der Waals surface area contributed by atoms with Gasteiger partial charge in [-0.25, -0.2) is 4.98 Å². The number of imidazole rings is 1. The van der Waals surface area contributed by atoms with Gasteiger partial charge >= 0.3 is 0 Å². The molecule has 2 aliphatic rings. The summed E-state index contributed by atoms with van der Waals surface area (Å²) in [5.41, 5.74) is 4.67. The fraction of sp³-hybridized carbons (Fsp3) is 0.476. The molecule has 9 nitrogen and oxygen atoms in total. The molecule has 0 unspecified atom stereocenters. The minimum atomic E-state index is 0.0799. The molecule has 5 rings (SSSR count). The molecular formula is C21H26N6O3. The van der Waals surface area contributed by atoms with Crippen molar-refractivity contribution in [2.75, 3.05) is 46.0 Å². The zero-order valence-electron chi connectivity index (χ0n) is 17.1. The third-order valence-corrected chi connectivity index (χ3v) is 5.84. The highest BCUT2D eigenvalue weighted by Crippen LogP contribution is 2.29. The molecule has 1 aromatic carbocycles. The molecule has 1 saturated heterocycles. The van der Waals surface area contributed by atoms with Gasteiger partial charge in [-0.05, 0) is 12.1 Å². The molecule has 0 atom stereocenters. The predicted octanol–water partition coefficient (Wildman–Crippen LogP) is 1.57. The lowest BCUT2D eigenvalue weighted by Gasteiger charge is -2.26. The van der Waals surface area contributed by atoms with Crippen LogP contribution in [-0.2, 0) is 22.5 Å². The number of rotatable bonds is 5. The number of hydrogen-bond acceptors (Lipinski definition) is 6. The maximum Gasteiger partial charge on any atom is 0.219 e. The molecule has 2 aliphatic heterocycles. The second kappa shape index (κ2) is 8.08. The Morgan fingerprint density at radius 2 is 2.13 bits per heavy atom. The van der Waals surface area contributed by atoms with Crippen LogP contribution >= 0.6 is 0 Å². The van der Waals surface area contributed by atoms with Crippen LogP contribution in [0, 0.1) is 0 Å². The smallest absolute Gasteiger partial charge is 0.219 e. The number of carbonyl (C=O) groups excluding carboxylic acids is 1. The monoisotopic (exact) mass is 410 g/mol. The first kappa shape index (κ1) is 19.1. The van der Waals surface area contributed by atoms with E-state index < -0.39 is 0 Å². The number of morpholine rings is 1. The third kappa shape index (κ3) is 3.78. The Hall–Kier alpha value is -2.91. The minimum absolute atomic E-state index is 0.0799. The molecule has 0 aliphatic carbocycles. The van der Waals surface area contributed by atoms with Crippen molar-refractivity contribution in [3.63, 3.8) is 0 Å². The molecule has 9 heteroatoms. The van der Waals surface area contributed by atoms with E-state index in [2.05, 4.69) is 20.1 Å². The number of aromatic nitrogens is 4. The van der Waals surface area contributed by atoms with Crippen LogP contribution in [0.4, 0.5) is 0 Å². The van der Waals surface area contributed by atoms with Crippen LogP contribution in [0.1, 0.15) is 18.2 Å². The van der Waals surface area contributed by atoms with Crippen molar-refractivity contribution in [1.29, 1.82) is 0 Å². The van der Waals surface area contributed by atoms with Crippen LogP contribution in [0.25, 0.3) is 22.6 Å². The zero-order chi connectivity index (χ0) is 20.5. The van der Waals surface area contributed by atoms with Gasteiger partial charge in [0.05, 0.1) is 24.2 Å². The number of fused-ring (bicyclic) bond motifs is 2. The normalized spacial score (nSPS) is 17.3. The highest BCUT2D eigenvalue weighted by atomic mass is 16.5. The summed E-state index contributed by atoms with van der Waals surface area (Å²) in [6.45, 7) is 7.92. The van der Waals surface area contributed by atoms with Gasteiger partial charge in [0.2, 0.25) is 5.91 Å². The van der Waals surface area contributed by atoms with Crippen molar-refractivity contribution < 1.29 is 14.3 Å². The average molecular weight is 410 g/mol. The van der Waals surface area contributed by atoms with E-state index in [1.54, 1.807) is 6.92 Å². The van der Waals surface area contributed by atoms with Crippen molar-refractivity contribution >= 4 is 16.9 Å². The lowest BCUT2D eigenvalue weighted by Crippen LogP contribution is -2.38. The molecule has 0 spiro atoms. The molecule has 0 saturated carbocycles. The van der Waals surface area contributed by atoms with Gasteiger partial charge in [0.1, 0.15) is 18.1 Å². The van der Waals surface area contributed by atoms with E-state index in [1.807, 2.05) is 23.1 Å². The van der Waals surface area contributed by atoms with Gasteiger partial charge in [-0.15, -0.1) is 0 Å². The molecular weight excluding hydrogens is 384 g/mol. The standard InChI is InChI=1S/C21H26N6O3/c1-14(28)27-5-4-17-16(13-27)20(25-24-17)21-22-18-3-2-15(12-19(18)23-21)30-11-8-26-6-9-29-10-7-26/h2-3,12H,4-11,13H2,1H3,(H,22,23)(H,24,25). The Morgan fingerprint density at radius 1 is 1.27 bits per heavy atom. The van der Waals surface area contributed by atoms with Crippen molar-refractivity contribution in [3.05, 3.63) is 29.5 Å². The number of carbonyl (C=O) groups is 1. The molecule has 1 fully saturated rings. The zero-order valence-corrected chi connectivity index (χ0v) is 17.1. The SMILES string of the molecule is CC(=O)N1CCc2[nH]nc(-c3nc4ccc(OCCN5CCOCC5)cc4[nH]3)c2C1. The van der Waals surface area contributed by atoms with Gasteiger partial charge in [-0.1, -0.05) is 0 Å². The summed E-state index contributed by atoms with van der Waals surface area (Å²) >= 11 is 0. The quantitative estimate of drug-likeness (QED) is 0.662. The Balaban J connectivity index is 1.31. The summed E-state index contributed by atoms with van der Waals surface area (Å²) in [5.74, 6) is 1.60. The molecule has 2 N–H and O–H groups in total. The van der Waals surface area contributed by atoms with Crippen LogP contribution in [0.3, 0.4) is 0 Å². The van der Waals surface area contributed by atoms with E-state index in [1.165, 1.54) is 0 Å². The summed E-state index contributed by atoms with van der Waals surface area (Å²) in [6, 6.07) is 5.89. The molecule has 0 radical (unpaired) electrons. The van der Waals surface area contributed by atoms with Crippen LogP contribution in [-0.4, -0.2) is 81.9 Å². The number of nitrogens with zero attached hydrogens (tertiary/aromatic N) is 4. The first-order valence-corrected chi connectivity index (χ1v) is 10.4. The van der Waals surface area contributed by atoms with Gasteiger partial charge in [-0.3, -0.25) is 14.8 Å². The highest BCUT2D eigenvalue weighted by molar-refractivity contribution is 5.81. The average Bonchev–Trinajstić information content (AvgIpc) is 3.37. The summed E-state index contributed by atoms with van der Waals surface area (Å²) in [7, 11) is 0. The first-order chi connectivity index (χ1) is 14.7. The number of ether oxygens (including phenoxy) is 2. The molecule has 0 bridgehead atoms. The van der Waals surface area contributed by atoms with E-state index in [4.69, 9.17) is 14.5 Å². The number of aromatic amines is 2. The van der Waals surface area contributed by atoms with Gasteiger partial charge in [-0.2, -0.15) is 5.10 Å². The molecule has 4 heterocycles. The molecule has 3 aromatic rings. The lowest BCUT2D eigenvalue weighted by molar-refractivity contribution is -0.129. The van der Waals surface area contributed by atoms with E-state index in [9.17, 15) is 4.79 Å². The summed E-state index contributed by atoms with van der Waals surface area (Å²) in [5, 5.41) is 7.59. The topological polar surface area (TPSA) is 99.4 Å². The summed E-state index contributed by atoms with van der Waals surface area (Å²) < 4.78 is 11.3. The van der Waals surface area contributed by atoms with Crippen LogP contribution < -0.4 is 4.74 Å². The van der Waals surface area contributed by atoms with Crippen LogP contribution in [0.2, 0.25) is 0 Å². The number of benzene rings is 1. The minimum Gasteiger partial charge on any atom is -0.492 e. The summed E-state index contributed by atoms with van der Waals surface area (Å²) in [4.78, 5) is 24.1. The fourth-order valence-corrected chi connectivity index (χ4v) is 4.07. The fourth-order valence-electron chi connectivity index (χ4n) is 4.07. The Bertz CT molecular complexity index is 1050. The first-order valence-electron chi connectivity index (χ1n) is 10.4. The number of H-pyrrole nitrogens is 2. The van der Waals surface area contributed by atoms with Gasteiger partial charge in [0.25, 0.3) is 0 Å². The number of hydrogen-bond donors (Lipinski definition) is 2. The Kier molecular flexibility index (Phi) is 5.14. The Labute approximate surface area is 174 Å². The maximum atomic E-state index is 11.8. The second-order valence-electron chi connectivity index (χ2n) is 7.79. The van der Waals surface area contributed by atoms with Crippen molar-refractivity contribution in [2.24, 2.45) is 0 Å². The van der Waals surface area contributed by atoms with Crippen molar-refractivity contribution in [1.82, 2.24) is 30.0 Å². The number of amides is 1. The van der Waals surface area contributed by atoms with E-state index in [0.29, 0.717) is 19.0 Å². The maximum absolute atomic E-state index is 11.8. The van der Waals surface area contributed by atoms with Crippen molar-refractivity contribution in [3.8, 4) is 17.3 Å². The van der Waals surface area contributed by atoms with Gasteiger partial charge < -0.3 is 19.4 Å². The Morgan fingerprint density at radius 3 is 2.97 bits per heavy atom. The highest BCUT2D eigenvalue weighted by Gasteiger charge is 2.25. The van der Waals surface area contributed by atoms with Gasteiger partial charge in [0, 0.05) is 63.4 Å². The second-order valence-corrected chi connectivity index (χ2v) is 7.79. The third-order valence-electron chi connectivity index (χ3n) is 5.84. The summed E-state index contributed by atoms with van der Waals surface area (Å²) in [6.07, 6.45) is 0.781. The van der Waals surface area contributed by atoms with E-state index in [-0.39, 0.29) is 5.91 Å². The molecule has 30 heavy (non-hydrogen) atoms. The largest absolute Gasteiger partial charge is 0.492 e. The number of nitrogens with one attached hydrogen (secondary N) is 2. The van der Waals surface area contributed by atoms with Crippen LogP contribution in [0.5, 0.6) is 5.75 Å². The van der Waals surface area contributed by atoms with Crippen molar-refractivity contribution in [2.45, 2.75) is 19.9 Å². The van der Waals surface area contributed by atoms with E-state index >= 15 is 0 Å². The predicted molar refractivity (Wildman–Crippen MR) is 111 cm³/mol. The van der Waals surface area contributed by atoms with Crippen LogP contribution in [0.15, 0.2) is 18.2 Å².